The average molecular weight is 773 g/mol. The smallest absolute Gasteiger partial charge is 0.0234 e. The Balaban J connectivity index is -0.000000516. The van der Waals surface area contributed by atoms with E-state index in [2.05, 4.69) is 87.5 Å². The molecule has 0 aliphatic carbocycles. The Bertz CT molecular complexity index is 644. The summed E-state index contributed by atoms with van der Waals surface area (Å²) in [6.45, 7) is 29.0. The molecule has 1 saturated heterocycles. The number of nitrogens with one attached hydrogen (secondary N) is 3. The molecule has 0 unspecified atom stereocenters. The lowest BCUT2D eigenvalue weighted by molar-refractivity contribution is 0.180. The van der Waals surface area contributed by atoms with Gasteiger partial charge in [-0.15, -0.1) is 86.8 Å². The number of hydrogen-bond donors (Lipinski definition) is 3. The molecule has 0 bridgehead atoms. The van der Waals surface area contributed by atoms with Gasteiger partial charge in [0.15, 0.2) is 0 Å². The molecule has 1 aromatic rings. The van der Waals surface area contributed by atoms with Gasteiger partial charge in [0.05, 0.1) is 0 Å². The highest BCUT2D eigenvalue weighted by atomic mass is 35.5. The Morgan fingerprint density at radius 3 is 1.39 bits per heavy atom. The zero-order valence-corrected chi connectivity index (χ0v) is 33.3. The monoisotopic (exact) mass is 769 g/mol. The second kappa shape index (κ2) is 38.4. The third kappa shape index (κ3) is 27.0. The number of halogens is 7. The molecule has 14 heteroatoms. The van der Waals surface area contributed by atoms with Crippen molar-refractivity contribution < 1.29 is 0 Å². The van der Waals surface area contributed by atoms with E-state index in [-0.39, 0.29) is 86.8 Å². The van der Waals surface area contributed by atoms with Crippen LogP contribution < -0.4 is 16.0 Å². The Morgan fingerprint density at radius 2 is 0.909 bits per heavy atom. The van der Waals surface area contributed by atoms with Gasteiger partial charge in [0.25, 0.3) is 0 Å². The molecule has 44 heavy (non-hydrogen) atoms. The summed E-state index contributed by atoms with van der Waals surface area (Å²) in [6, 6.07) is 9.47. The lowest BCUT2D eigenvalue weighted by Gasteiger charge is -2.29. The fourth-order valence-electron chi connectivity index (χ4n) is 5.01. The predicted molar refractivity (Wildman–Crippen MR) is 211 cm³/mol. The molecule has 1 fully saturated rings. The molecule has 7 nitrogen and oxygen atoms in total. The van der Waals surface area contributed by atoms with Gasteiger partial charge in [0, 0.05) is 65.4 Å². The Labute approximate surface area is 314 Å². The van der Waals surface area contributed by atoms with E-state index in [1.807, 2.05) is 0 Å². The first-order valence-electron chi connectivity index (χ1n) is 15.3. The van der Waals surface area contributed by atoms with Gasteiger partial charge in [-0.25, -0.2) is 0 Å². The van der Waals surface area contributed by atoms with Crippen molar-refractivity contribution in [2.24, 2.45) is 0 Å². The van der Waals surface area contributed by atoms with Crippen LogP contribution in [0.2, 0.25) is 0 Å². The lowest BCUT2D eigenvalue weighted by atomic mass is 10.1. The second-order valence-electron chi connectivity index (χ2n) is 10.4. The molecule has 1 aliphatic heterocycles. The van der Waals surface area contributed by atoms with Gasteiger partial charge in [-0.1, -0.05) is 52.0 Å². The summed E-state index contributed by atoms with van der Waals surface area (Å²) < 4.78 is 0. The largest absolute Gasteiger partial charge is 0.315 e. The molecule has 2 rings (SSSR count). The van der Waals surface area contributed by atoms with Crippen LogP contribution in [0.25, 0.3) is 0 Å². The minimum atomic E-state index is 0. The van der Waals surface area contributed by atoms with Crippen LogP contribution >= 0.6 is 86.8 Å². The summed E-state index contributed by atoms with van der Waals surface area (Å²) in [5, 5.41) is 10.7. The van der Waals surface area contributed by atoms with Gasteiger partial charge in [0.2, 0.25) is 0 Å². The third-order valence-corrected chi connectivity index (χ3v) is 7.71. The molecule has 0 atom stereocenters. The summed E-state index contributed by atoms with van der Waals surface area (Å²) >= 11 is 0. The Morgan fingerprint density at radius 1 is 0.500 bits per heavy atom. The molecule has 0 aromatic heterocycles. The number of likely N-dealkylation sites (N-methyl/N-ethyl adjacent to an activating group) is 2. The highest BCUT2D eigenvalue weighted by Gasteiger charge is 2.11. The fourth-order valence-corrected chi connectivity index (χ4v) is 5.01. The summed E-state index contributed by atoms with van der Waals surface area (Å²) in [4.78, 5) is 10.3. The molecule has 0 amide bonds. The van der Waals surface area contributed by atoms with Gasteiger partial charge in [-0.2, -0.15) is 0 Å². The van der Waals surface area contributed by atoms with E-state index in [4.69, 9.17) is 0 Å². The topological polar surface area (TPSA) is 49.1 Å². The maximum absolute atomic E-state index is 3.63. The van der Waals surface area contributed by atoms with Gasteiger partial charge < -0.3 is 25.8 Å². The van der Waals surface area contributed by atoms with E-state index in [9.17, 15) is 0 Å². The molecule has 0 radical (unpaired) electrons. The Kier molecular flexibility index (Phi) is 50.0. The fraction of sp³-hybridized carbons (Fsp3) is 0.800. The van der Waals surface area contributed by atoms with Gasteiger partial charge >= 0.3 is 0 Å². The van der Waals surface area contributed by atoms with Crippen LogP contribution in [0.3, 0.4) is 0 Å². The van der Waals surface area contributed by atoms with E-state index in [0.717, 1.165) is 118 Å². The van der Waals surface area contributed by atoms with Crippen molar-refractivity contribution in [2.75, 3.05) is 105 Å². The molecule has 1 heterocycles. The van der Waals surface area contributed by atoms with Crippen LogP contribution in [0.5, 0.6) is 0 Å². The van der Waals surface area contributed by atoms with E-state index in [0.29, 0.717) is 0 Å². The molecule has 1 aromatic carbocycles. The van der Waals surface area contributed by atoms with Crippen LogP contribution in [0.4, 0.5) is 0 Å². The van der Waals surface area contributed by atoms with E-state index >= 15 is 0 Å². The third-order valence-electron chi connectivity index (χ3n) is 7.71. The zero-order valence-electron chi connectivity index (χ0n) is 27.6. The minimum Gasteiger partial charge on any atom is -0.315 e. The van der Waals surface area contributed by atoms with Crippen LogP contribution in [0.1, 0.15) is 51.7 Å². The van der Waals surface area contributed by atoms with Gasteiger partial charge in [-0.3, -0.25) is 9.80 Å². The zero-order chi connectivity index (χ0) is 26.6. The van der Waals surface area contributed by atoms with Crippen molar-refractivity contribution in [1.82, 2.24) is 35.6 Å². The number of hydrogen-bond acceptors (Lipinski definition) is 7. The lowest BCUT2D eigenvalue weighted by Crippen LogP contribution is -2.39. The minimum absolute atomic E-state index is 0. The van der Waals surface area contributed by atoms with Crippen molar-refractivity contribution in [2.45, 2.75) is 53.6 Å². The highest BCUT2D eigenvalue weighted by molar-refractivity contribution is 5.86. The highest BCUT2D eigenvalue weighted by Crippen LogP contribution is 2.11. The summed E-state index contributed by atoms with van der Waals surface area (Å²) in [7, 11) is 0. The van der Waals surface area contributed by atoms with Gasteiger partial charge in [0.1, 0.15) is 0 Å². The number of nitrogens with zero attached hydrogens (tertiary/aromatic N) is 4. The SMILES string of the molecule is CCN(CC)CCN(CCN(CC)CC)Cc1ccc(CN2CCCNCCNCCCNCC2)cc1.Cl.Cl.Cl.Cl.Cl.Cl.Cl. The summed E-state index contributed by atoms with van der Waals surface area (Å²) in [5.41, 5.74) is 2.86. The first-order chi connectivity index (χ1) is 18.2. The van der Waals surface area contributed by atoms with Crippen molar-refractivity contribution in [3.05, 3.63) is 35.4 Å². The Hall–Kier alpha value is 0.970. The van der Waals surface area contributed by atoms with E-state index < -0.39 is 0 Å². The molecule has 0 saturated carbocycles. The van der Waals surface area contributed by atoms with Crippen LogP contribution in [-0.4, -0.2) is 124 Å². The maximum Gasteiger partial charge on any atom is 0.0234 e. The van der Waals surface area contributed by atoms with E-state index in [1.165, 1.54) is 24.0 Å². The van der Waals surface area contributed by atoms with Crippen molar-refractivity contribution >= 4 is 86.8 Å². The molecular weight excluding hydrogens is 707 g/mol. The summed E-state index contributed by atoms with van der Waals surface area (Å²) in [6.07, 6.45) is 2.40. The quantitative estimate of drug-likeness (QED) is 0.232. The van der Waals surface area contributed by atoms with E-state index in [1.54, 1.807) is 0 Å². The van der Waals surface area contributed by atoms with Crippen molar-refractivity contribution in [3.8, 4) is 0 Å². The van der Waals surface area contributed by atoms with Crippen molar-refractivity contribution in [3.63, 3.8) is 0 Å². The van der Waals surface area contributed by atoms with Crippen molar-refractivity contribution in [1.29, 1.82) is 0 Å². The van der Waals surface area contributed by atoms with Crippen LogP contribution in [0, 0.1) is 0 Å². The molecule has 0 spiro atoms. The number of rotatable bonds is 14. The summed E-state index contributed by atoms with van der Waals surface area (Å²) in [5.74, 6) is 0. The first kappa shape index (κ1) is 57.2. The predicted octanol–water partition coefficient (Wildman–Crippen LogP) is 5.49. The molecule has 1 aliphatic rings. The average Bonchev–Trinajstić information content (AvgIpc) is 2.92. The first-order valence-corrected chi connectivity index (χ1v) is 15.3. The normalized spacial score (nSPS) is 14.7. The van der Waals surface area contributed by atoms with Crippen LogP contribution in [0.15, 0.2) is 24.3 Å². The van der Waals surface area contributed by atoms with Crippen LogP contribution in [-0.2, 0) is 13.1 Å². The number of benzene rings is 1. The second-order valence-corrected chi connectivity index (χ2v) is 10.4. The molecule has 3 N–H and O–H groups in total. The molecule has 270 valence electrons. The standard InChI is InChI=1S/C30H59N7.7ClH/c1-5-34(6-2)23-25-37(26-24-35(7-3)8-4)28-30-13-11-29(12-14-30)27-36-21-10-17-32-19-18-31-15-9-16-33-20-22-36;;;;;;;/h11-14,31-33H,5-10,15-28H2,1-4H3;7*1H. The molecular formula is C30H66Cl7N7. The van der Waals surface area contributed by atoms with Gasteiger partial charge in [-0.05, 0) is 76.3 Å². The maximum atomic E-state index is 3.63.